The molecule has 1 aliphatic heterocycles. The van der Waals surface area contributed by atoms with Crippen LogP contribution in [0.2, 0.25) is 0 Å². The lowest BCUT2D eigenvalue weighted by atomic mass is 10.0. The van der Waals surface area contributed by atoms with Crippen LogP contribution in [-0.4, -0.2) is 72.3 Å². The predicted octanol–water partition coefficient (Wildman–Crippen LogP) is 4.68. The van der Waals surface area contributed by atoms with Gasteiger partial charge >= 0.3 is 11.3 Å². The molecular formula is C27H37N3O5S2. The van der Waals surface area contributed by atoms with E-state index < -0.39 is 17.6 Å². The average Bonchev–Trinajstić information content (AvgIpc) is 3.29. The molecule has 0 aromatic heterocycles. The van der Waals surface area contributed by atoms with Crippen LogP contribution in [0.4, 0.5) is 10.5 Å². The number of hydrogen-bond acceptors (Lipinski definition) is 9. The Bertz CT molecular complexity index is 1110. The van der Waals surface area contributed by atoms with Crippen molar-refractivity contribution in [3.05, 3.63) is 42.0 Å². The van der Waals surface area contributed by atoms with E-state index >= 15 is 0 Å². The van der Waals surface area contributed by atoms with Crippen LogP contribution in [0.25, 0.3) is 10.8 Å². The number of amides is 1. The summed E-state index contributed by atoms with van der Waals surface area (Å²) in [5.74, 6) is -0.0441. The van der Waals surface area contributed by atoms with E-state index in [0.717, 1.165) is 35.2 Å². The Balaban J connectivity index is 1.68. The van der Waals surface area contributed by atoms with E-state index in [1.165, 1.54) is 18.9 Å². The zero-order valence-corrected chi connectivity index (χ0v) is 23.7. The topological polar surface area (TPSA) is 106 Å². The number of nitrogens with one attached hydrogen (secondary N) is 3. The number of fused-ring (bicyclic) bond motifs is 1. The van der Waals surface area contributed by atoms with E-state index in [4.69, 9.17) is 9.47 Å². The van der Waals surface area contributed by atoms with Gasteiger partial charge in [0.2, 0.25) is 0 Å². The number of thioether (sulfide) groups is 2. The SMILES string of the molecule is COC(=O)C(CCSC)NC(=O)c1cc(NCC2CC(SC(=O)OC(C)(C)C)CN2)c2ccccc2c1. The first-order valence-corrected chi connectivity index (χ1v) is 14.6. The minimum Gasteiger partial charge on any atom is -0.467 e. The van der Waals surface area contributed by atoms with Crippen molar-refractivity contribution in [3.8, 4) is 0 Å². The first-order chi connectivity index (χ1) is 17.6. The van der Waals surface area contributed by atoms with Crippen LogP contribution in [-0.2, 0) is 14.3 Å². The standard InChI is InChI=1S/C27H37N3O5S2/c1-27(2,3)35-26(33)37-20-14-19(28-16-20)15-29-23-13-18(12-17-8-6-7-9-21(17)23)24(31)30-22(10-11-36-5)25(32)34-4/h6-9,12-13,19-20,22,28-29H,10-11,14-16H2,1-5H3,(H,30,31). The summed E-state index contributed by atoms with van der Waals surface area (Å²) in [6, 6.07) is 11.0. The maximum atomic E-state index is 13.1. The molecule has 1 fully saturated rings. The Labute approximate surface area is 227 Å². The van der Waals surface area contributed by atoms with Crippen molar-refractivity contribution in [1.82, 2.24) is 10.6 Å². The molecule has 10 heteroatoms. The van der Waals surface area contributed by atoms with Gasteiger partial charge in [0, 0.05) is 41.0 Å². The smallest absolute Gasteiger partial charge is 0.368 e. The molecule has 2 aromatic carbocycles. The van der Waals surface area contributed by atoms with E-state index in [9.17, 15) is 14.4 Å². The minimum absolute atomic E-state index is 0.145. The molecule has 3 unspecified atom stereocenters. The Morgan fingerprint density at radius 1 is 1.19 bits per heavy atom. The van der Waals surface area contributed by atoms with Gasteiger partial charge in [0.1, 0.15) is 11.6 Å². The number of carbonyl (C=O) groups is 3. The average molecular weight is 548 g/mol. The van der Waals surface area contributed by atoms with Crippen molar-refractivity contribution >= 4 is 57.2 Å². The van der Waals surface area contributed by atoms with Crippen molar-refractivity contribution in [2.24, 2.45) is 0 Å². The summed E-state index contributed by atoms with van der Waals surface area (Å²) in [4.78, 5) is 37.5. The minimum atomic E-state index is -0.699. The molecule has 3 atom stereocenters. The van der Waals surface area contributed by atoms with Crippen LogP contribution >= 0.6 is 23.5 Å². The Hall–Kier alpha value is -2.43. The zero-order valence-electron chi connectivity index (χ0n) is 22.1. The predicted molar refractivity (Wildman–Crippen MR) is 153 cm³/mol. The number of anilines is 1. The zero-order chi connectivity index (χ0) is 27.0. The molecule has 1 amide bonds. The summed E-state index contributed by atoms with van der Waals surface area (Å²) < 4.78 is 10.3. The van der Waals surface area contributed by atoms with Gasteiger partial charge in [-0.15, -0.1) is 0 Å². The quantitative estimate of drug-likeness (QED) is 0.366. The molecule has 0 spiro atoms. The molecule has 0 bridgehead atoms. The molecule has 0 radical (unpaired) electrons. The Morgan fingerprint density at radius 2 is 1.95 bits per heavy atom. The fraction of sp³-hybridized carbons (Fsp3) is 0.519. The summed E-state index contributed by atoms with van der Waals surface area (Å²) in [7, 11) is 1.33. The molecule has 1 aliphatic rings. The van der Waals surface area contributed by atoms with E-state index in [0.29, 0.717) is 18.5 Å². The van der Waals surface area contributed by atoms with Gasteiger partial charge in [-0.05, 0) is 74.9 Å². The highest BCUT2D eigenvalue weighted by molar-refractivity contribution is 8.13. The number of benzene rings is 2. The van der Waals surface area contributed by atoms with E-state index in [-0.39, 0.29) is 22.5 Å². The van der Waals surface area contributed by atoms with Crippen LogP contribution in [0, 0.1) is 0 Å². The van der Waals surface area contributed by atoms with Gasteiger partial charge in [0.25, 0.3) is 5.91 Å². The molecule has 0 aliphatic carbocycles. The normalized spacial score (nSPS) is 18.3. The molecule has 8 nitrogen and oxygen atoms in total. The highest BCUT2D eigenvalue weighted by Gasteiger charge is 2.29. The van der Waals surface area contributed by atoms with Crippen LogP contribution in [0.3, 0.4) is 0 Å². The summed E-state index contributed by atoms with van der Waals surface area (Å²) in [6.45, 7) is 6.96. The van der Waals surface area contributed by atoms with Gasteiger partial charge in [0.05, 0.1) is 7.11 Å². The molecule has 0 saturated carbocycles. The number of carbonyl (C=O) groups excluding carboxylic acids is 3. The molecular weight excluding hydrogens is 510 g/mol. The second-order valence-electron chi connectivity index (χ2n) is 10.0. The maximum Gasteiger partial charge on any atom is 0.368 e. The lowest BCUT2D eigenvalue weighted by molar-refractivity contribution is -0.142. The van der Waals surface area contributed by atoms with Crippen LogP contribution in [0.15, 0.2) is 36.4 Å². The first-order valence-electron chi connectivity index (χ1n) is 12.4. The Kier molecular flexibility index (Phi) is 10.5. The molecule has 202 valence electrons. The third-order valence-electron chi connectivity index (χ3n) is 5.90. The van der Waals surface area contributed by atoms with Crippen molar-refractivity contribution in [3.63, 3.8) is 0 Å². The summed E-state index contributed by atoms with van der Waals surface area (Å²) in [5.41, 5.74) is 0.811. The summed E-state index contributed by atoms with van der Waals surface area (Å²) in [5, 5.41) is 11.6. The molecule has 3 N–H and O–H groups in total. The number of rotatable bonds is 10. The highest BCUT2D eigenvalue weighted by Crippen LogP contribution is 2.28. The van der Waals surface area contributed by atoms with Gasteiger partial charge in [0.15, 0.2) is 0 Å². The van der Waals surface area contributed by atoms with Crippen molar-refractivity contribution in [2.45, 2.75) is 56.5 Å². The van der Waals surface area contributed by atoms with E-state index in [1.54, 1.807) is 11.8 Å². The van der Waals surface area contributed by atoms with Crippen molar-refractivity contribution in [2.75, 3.05) is 37.5 Å². The fourth-order valence-electron chi connectivity index (χ4n) is 4.13. The van der Waals surface area contributed by atoms with Gasteiger partial charge in [-0.1, -0.05) is 24.3 Å². The molecule has 37 heavy (non-hydrogen) atoms. The van der Waals surface area contributed by atoms with E-state index in [1.807, 2.05) is 63.4 Å². The first kappa shape index (κ1) is 29.1. The second-order valence-corrected chi connectivity index (χ2v) is 12.2. The van der Waals surface area contributed by atoms with Crippen molar-refractivity contribution in [1.29, 1.82) is 0 Å². The number of hydrogen-bond donors (Lipinski definition) is 3. The molecule has 1 heterocycles. The number of ether oxygens (including phenoxy) is 2. The maximum absolute atomic E-state index is 13.1. The van der Waals surface area contributed by atoms with Crippen molar-refractivity contribution < 1.29 is 23.9 Å². The van der Waals surface area contributed by atoms with E-state index in [2.05, 4.69) is 16.0 Å². The van der Waals surface area contributed by atoms with Crippen LogP contribution in [0.5, 0.6) is 0 Å². The Morgan fingerprint density at radius 3 is 2.65 bits per heavy atom. The van der Waals surface area contributed by atoms with Gasteiger partial charge in [-0.2, -0.15) is 11.8 Å². The number of esters is 1. The largest absolute Gasteiger partial charge is 0.467 e. The van der Waals surface area contributed by atoms with Gasteiger partial charge in [-0.25, -0.2) is 9.59 Å². The second kappa shape index (κ2) is 13.4. The van der Waals surface area contributed by atoms with Gasteiger partial charge in [-0.3, -0.25) is 4.79 Å². The monoisotopic (exact) mass is 547 g/mol. The molecule has 2 aromatic rings. The van der Waals surface area contributed by atoms with Crippen LogP contribution in [0.1, 0.15) is 44.0 Å². The third kappa shape index (κ3) is 8.83. The lowest BCUT2D eigenvalue weighted by Gasteiger charge is -2.20. The molecule has 3 rings (SSSR count). The summed E-state index contributed by atoms with van der Waals surface area (Å²) in [6.07, 6.45) is 3.27. The van der Waals surface area contributed by atoms with Gasteiger partial charge < -0.3 is 25.4 Å². The number of methoxy groups -OCH3 is 1. The molecule has 1 saturated heterocycles. The highest BCUT2D eigenvalue weighted by atomic mass is 32.2. The third-order valence-corrected chi connectivity index (χ3v) is 7.51. The lowest BCUT2D eigenvalue weighted by Crippen LogP contribution is -2.42. The summed E-state index contributed by atoms with van der Waals surface area (Å²) >= 11 is 2.85. The van der Waals surface area contributed by atoms with Crippen LogP contribution < -0.4 is 16.0 Å². The fourth-order valence-corrected chi connectivity index (χ4v) is 5.68.